The second-order valence-corrected chi connectivity index (χ2v) is 17.7. The molecular formula is C36H66N14O9S4. The zero-order valence-electron chi connectivity index (χ0n) is 36.1. The monoisotopic (exact) mass is 966 g/mol. The van der Waals surface area contributed by atoms with Gasteiger partial charge in [-0.3, -0.25) is 43.5 Å². The third-order valence-corrected chi connectivity index (χ3v) is 11.7. The molecule has 0 aliphatic carbocycles. The first-order valence-corrected chi connectivity index (χ1v) is 23.9. The lowest BCUT2D eigenvalue weighted by atomic mass is 10.0. The minimum atomic E-state index is -1.32. The maximum absolute atomic E-state index is 14.1. The number of hydrogen-bond acceptors (Lipinski definition) is 15. The van der Waals surface area contributed by atoms with Crippen molar-refractivity contribution in [1.82, 2.24) is 36.4 Å². The molecule has 0 radical (unpaired) electrons. The Morgan fingerprint density at radius 3 is 1.87 bits per heavy atom. The van der Waals surface area contributed by atoms with E-state index in [-0.39, 0.29) is 92.6 Å². The Kier molecular flexibility index (Phi) is 26.9. The predicted molar refractivity (Wildman–Crippen MR) is 251 cm³/mol. The highest BCUT2D eigenvalue weighted by Crippen LogP contribution is 2.23. The largest absolute Gasteiger partial charge is 0.480 e. The number of nitrogens with two attached hydrogens (primary N) is 5. The summed E-state index contributed by atoms with van der Waals surface area (Å²) in [5, 5.41) is 22.4. The fourth-order valence-electron chi connectivity index (χ4n) is 5.97. The van der Waals surface area contributed by atoms with E-state index in [1.54, 1.807) is 0 Å². The van der Waals surface area contributed by atoms with E-state index in [1.807, 2.05) is 20.1 Å². The van der Waals surface area contributed by atoms with Crippen LogP contribution in [0.2, 0.25) is 0 Å². The Bertz CT molecular complexity index is 1620. The lowest BCUT2D eigenvalue weighted by Crippen LogP contribution is -2.60. The minimum absolute atomic E-state index is 0.00591. The van der Waals surface area contributed by atoms with Gasteiger partial charge in [0, 0.05) is 37.4 Å². The molecule has 0 spiro atoms. The number of carboxylic acids is 1. The summed E-state index contributed by atoms with van der Waals surface area (Å²) in [5.41, 5.74) is 27.7. The zero-order valence-corrected chi connectivity index (χ0v) is 39.5. The highest BCUT2D eigenvalue weighted by atomic mass is 32.2. The van der Waals surface area contributed by atoms with Crippen LogP contribution in [0.25, 0.3) is 0 Å². The van der Waals surface area contributed by atoms with Crippen molar-refractivity contribution in [3.8, 4) is 0 Å². The molecule has 358 valence electrons. The van der Waals surface area contributed by atoms with Gasteiger partial charge in [-0.05, 0) is 56.5 Å². The summed E-state index contributed by atoms with van der Waals surface area (Å²) in [4.78, 5) is 117. The van der Waals surface area contributed by atoms with Gasteiger partial charge in [-0.1, -0.05) is 13.8 Å². The van der Waals surface area contributed by atoms with Crippen molar-refractivity contribution in [2.45, 2.75) is 94.7 Å². The van der Waals surface area contributed by atoms with Gasteiger partial charge in [0.15, 0.2) is 11.9 Å². The van der Waals surface area contributed by atoms with Crippen molar-refractivity contribution < 1.29 is 43.5 Å². The van der Waals surface area contributed by atoms with Crippen LogP contribution in [0.1, 0.15) is 52.4 Å². The van der Waals surface area contributed by atoms with Gasteiger partial charge in [0.1, 0.15) is 36.3 Å². The van der Waals surface area contributed by atoms with Crippen LogP contribution in [0.4, 0.5) is 0 Å². The smallest absolute Gasteiger partial charge is 0.327 e. The number of amides is 7. The van der Waals surface area contributed by atoms with Crippen LogP contribution in [0.5, 0.6) is 0 Å². The van der Waals surface area contributed by atoms with Gasteiger partial charge in [0.2, 0.25) is 41.4 Å². The average Bonchev–Trinajstić information content (AvgIpc) is 3.72. The molecule has 16 N–H and O–H groups in total. The second kappa shape index (κ2) is 29.9. The topological polar surface area (TPSA) is 378 Å². The SMILES string of the molecule is CSCC[C@H](NC(=O)[C@H](N)CS)C(=O)N1CSCC1C(=O)N[C@@H](CCCN=C(N)N)C(=O)N[C@@H](CC(C)C)C(=O)N[C@@H](CCCN=C(N)N)C(=O)N(C)CC(=O)N[C@@H](CS)C(=O)O. The zero-order chi connectivity index (χ0) is 47.8. The van der Waals surface area contributed by atoms with E-state index in [4.69, 9.17) is 28.7 Å². The lowest BCUT2D eigenvalue weighted by Gasteiger charge is -2.30. The quantitative estimate of drug-likeness (QED) is 0.0147. The fourth-order valence-corrected chi connectivity index (χ4v) is 8.01. The summed E-state index contributed by atoms with van der Waals surface area (Å²) in [7, 11) is 1.30. The molecule has 1 saturated heterocycles. The molecule has 1 aliphatic heterocycles. The van der Waals surface area contributed by atoms with Crippen molar-refractivity contribution in [2.24, 2.45) is 44.6 Å². The molecular weight excluding hydrogens is 901 g/mol. The maximum Gasteiger partial charge on any atom is 0.327 e. The molecule has 0 aromatic heterocycles. The highest BCUT2D eigenvalue weighted by Gasteiger charge is 2.40. The maximum atomic E-state index is 14.1. The van der Waals surface area contributed by atoms with E-state index in [9.17, 15) is 43.5 Å². The Labute approximate surface area is 387 Å². The summed E-state index contributed by atoms with van der Waals surface area (Å²) in [6.07, 6.45) is 2.68. The molecule has 0 bridgehead atoms. The summed E-state index contributed by atoms with van der Waals surface area (Å²) >= 11 is 10.8. The molecule has 1 rings (SSSR count). The first-order valence-electron chi connectivity index (χ1n) is 20.1. The van der Waals surface area contributed by atoms with Crippen molar-refractivity contribution >= 4 is 108 Å². The Balaban J connectivity index is 3.40. The van der Waals surface area contributed by atoms with Crippen molar-refractivity contribution in [2.75, 3.05) is 61.8 Å². The number of thioether (sulfide) groups is 2. The van der Waals surface area contributed by atoms with E-state index in [1.165, 1.54) is 35.5 Å². The van der Waals surface area contributed by atoms with E-state index in [0.717, 1.165) is 4.90 Å². The number of thiol groups is 2. The Morgan fingerprint density at radius 2 is 1.35 bits per heavy atom. The highest BCUT2D eigenvalue weighted by molar-refractivity contribution is 7.99. The Morgan fingerprint density at radius 1 is 0.794 bits per heavy atom. The molecule has 0 aromatic carbocycles. The van der Waals surface area contributed by atoms with Gasteiger partial charge in [0.05, 0.1) is 18.5 Å². The van der Waals surface area contributed by atoms with Crippen LogP contribution in [0, 0.1) is 5.92 Å². The molecule has 23 nitrogen and oxygen atoms in total. The van der Waals surface area contributed by atoms with Gasteiger partial charge in [-0.2, -0.15) is 37.0 Å². The van der Waals surface area contributed by atoms with Crippen LogP contribution < -0.4 is 55.3 Å². The number of nitrogens with one attached hydrogen (secondary N) is 5. The van der Waals surface area contributed by atoms with E-state index >= 15 is 0 Å². The second-order valence-electron chi connectivity index (χ2n) is 15.0. The number of hydrogen-bond donors (Lipinski definition) is 13. The number of carbonyl (C=O) groups excluding carboxylic acids is 7. The van der Waals surface area contributed by atoms with E-state index in [2.05, 4.69) is 61.8 Å². The molecule has 7 amide bonds. The van der Waals surface area contributed by atoms with Gasteiger partial charge in [-0.15, -0.1) is 11.8 Å². The summed E-state index contributed by atoms with van der Waals surface area (Å²) in [6, 6.07) is -7.96. The molecule has 1 heterocycles. The number of nitrogens with zero attached hydrogens (tertiary/aromatic N) is 4. The molecule has 1 unspecified atom stereocenters. The molecule has 1 fully saturated rings. The standard InChI is InChI=1S/C36H66N14O9S4/c1-19(2)13-24(30(54)47-22(8-6-11-43-36(40)41)32(56)49(3)14-27(51)44-25(16-61)34(58)59)48-29(53)21(7-5-10-42-35(38)39)45-31(55)26-17-63-18-50(26)33(57)23(9-12-62-4)46-28(52)20(37)15-60/h19-26,60-61H,5-18,37H2,1-4H3,(H,44,51)(H,45,55)(H,46,52)(H,47,54)(H,48,53)(H,58,59)(H4,38,39,42)(H4,40,41,43)/t20-,21+,22+,23+,24+,25+,26?/m1/s1. The van der Waals surface area contributed by atoms with Crippen LogP contribution >= 0.6 is 48.8 Å². The van der Waals surface area contributed by atoms with Gasteiger partial charge >= 0.3 is 5.97 Å². The van der Waals surface area contributed by atoms with Crippen LogP contribution in [0.15, 0.2) is 9.98 Å². The van der Waals surface area contributed by atoms with Gasteiger partial charge < -0.3 is 70.2 Å². The van der Waals surface area contributed by atoms with Crippen LogP contribution in [0.3, 0.4) is 0 Å². The number of aliphatic imine (C=N–C) groups is 2. The predicted octanol–water partition coefficient (Wildman–Crippen LogP) is -4.05. The van der Waals surface area contributed by atoms with E-state index < -0.39 is 96.2 Å². The van der Waals surface area contributed by atoms with Crippen LogP contribution in [-0.2, 0) is 38.4 Å². The minimum Gasteiger partial charge on any atom is -0.480 e. The van der Waals surface area contributed by atoms with Gasteiger partial charge in [-0.25, -0.2) is 4.79 Å². The number of aliphatic carboxylic acids is 1. The number of carboxylic acid groups (broad SMARTS) is 1. The number of guanidine groups is 2. The summed E-state index contributed by atoms with van der Waals surface area (Å²) in [5.74, 6) is -5.81. The Hall–Kier alpha value is -4.34. The van der Waals surface area contributed by atoms with Crippen LogP contribution in [-0.4, -0.2) is 178 Å². The molecule has 63 heavy (non-hydrogen) atoms. The molecule has 1 aliphatic rings. The number of rotatable bonds is 29. The molecule has 0 saturated carbocycles. The lowest BCUT2D eigenvalue weighted by molar-refractivity contribution is -0.142. The van der Waals surface area contributed by atoms with Crippen molar-refractivity contribution in [1.29, 1.82) is 0 Å². The summed E-state index contributed by atoms with van der Waals surface area (Å²) in [6.45, 7) is 3.27. The number of likely N-dealkylation sites (N-methyl/N-ethyl adjacent to an activating group) is 1. The molecule has 27 heteroatoms. The third kappa shape index (κ3) is 21.3. The summed E-state index contributed by atoms with van der Waals surface area (Å²) < 4.78 is 0. The average molecular weight is 967 g/mol. The molecule has 0 aromatic rings. The fraction of sp³-hybridized carbons (Fsp3) is 0.722. The van der Waals surface area contributed by atoms with Crippen molar-refractivity contribution in [3.05, 3.63) is 0 Å². The normalized spacial score (nSPS) is 16.3. The molecule has 7 atom stereocenters. The first kappa shape index (κ1) is 56.7. The van der Waals surface area contributed by atoms with E-state index in [0.29, 0.717) is 5.75 Å². The number of carbonyl (C=O) groups is 8. The third-order valence-electron chi connectivity index (χ3n) is 9.28. The van der Waals surface area contributed by atoms with Gasteiger partial charge in [0.25, 0.3) is 0 Å². The first-order chi connectivity index (χ1) is 29.7. The van der Waals surface area contributed by atoms with Crippen molar-refractivity contribution in [3.63, 3.8) is 0 Å².